The fraction of sp³-hybridized carbons (Fsp3) is 0.421. The van der Waals surface area contributed by atoms with E-state index in [4.69, 9.17) is 4.98 Å². The van der Waals surface area contributed by atoms with Crippen molar-refractivity contribution in [2.75, 3.05) is 0 Å². The minimum absolute atomic E-state index is 0.133. The van der Waals surface area contributed by atoms with Crippen LogP contribution in [0.25, 0.3) is 10.2 Å². The van der Waals surface area contributed by atoms with E-state index in [1.807, 2.05) is 23.8 Å². The first-order chi connectivity index (χ1) is 12.2. The average Bonchev–Trinajstić information content (AvgIpc) is 2.98. The van der Waals surface area contributed by atoms with Crippen molar-refractivity contribution in [1.82, 2.24) is 14.5 Å². The summed E-state index contributed by atoms with van der Waals surface area (Å²) in [5.74, 6) is 1.47. The number of hydrogen-bond donors (Lipinski definition) is 0. The number of aryl methyl sites for hydroxylation is 1. The topological polar surface area (TPSA) is 47.8 Å². The number of thioether (sulfide) groups is 1. The quantitative estimate of drug-likeness (QED) is 0.507. The van der Waals surface area contributed by atoms with E-state index in [1.54, 1.807) is 29.3 Å². The Labute approximate surface area is 155 Å². The number of rotatable bonds is 4. The minimum Gasteiger partial charge on any atom is -0.287 e. The Bertz CT molecular complexity index is 962. The summed E-state index contributed by atoms with van der Waals surface area (Å²) >= 11 is 3.34. The molecule has 0 saturated heterocycles. The van der Waals surface area contributed by atoms with Crippen LogP contribution < -0.4 is 5.56 Å². The van der Waals surface area contributed by atoms with E-state index in [1.165, 1.54) is 16.9 Å². The molecule has 0 N–H and O–H groups in total. The third kappa shape index (κ3) is 3.13. The molecule has 1 unspecified atom stereocenters. The second-order valence-corrected chi connectivity index (χ2v) is 8.65. The van der Waals surface area contributed by atoms with Crippen molar-refractivity contribution < 1.29 is 0 Å². The Balaban J connectivity index is 1.76. The lowest BCUT2D eigenvalue weighted by Crippen LogP contribution is -2.23. The predicted octanol–water partition coefficient (Wildman–Crippen LogP) is 4.29. The molecule has 0 aromatic carbocycles. The van der Waals surface area contributed by atoms with E-state index < -0.39 is 0 Å². The van der Waals surface area contributed by atoms with Gasteiger partial charge in [-0.05, 0) is 49.3 Å². The average molecular weight is 372 g/mol. The maximum Gasteiger partial charge on any atom is 0.263 e. The standard InChI is InChI=1S/C19H21N3OS2/c1-3-22-18(23)16-14-7-6-12(2)9-15(14)25-17(16)21-19(22)24-11-13-5-4-8-20-10-13/h4-5,8,10,12H,3,6-7,9,11H2,1-2H3. The molecule has 0 saturated carbocycles. The number of hydrogen-bond acceptors (Lipinski definition) is 5. The first-order valence-electron chi connectivity index (χ1n) is 8.74. The SMILES string of the molecule is CCn1c(SCc2cccnc2)nc2sc3c(c2c1=O)CCC(C)C3. The van der Waals surface area contributed by atoms with E-state index in [2.05, 4.69) is 18.0 Å². The monoisotopic (exact) mass is 371 g/mol. The van der Waals surface area contributed by atoms with Crippen LogP contribution in [0.4, 0.5) is 0 Å². The molecule has 6 heteroatoms. The Kier molecular flexibility index (Phi) is 4.65. The van der Waals surface area contributed by atoms with Crippen molar-refractivity contribution >= 4 is 33.3 Å². The second-order valence-electron chi connectivity index (χ2n) is 6.63. The molecule has 3 heterocycles. The Morgan fingerprint density at radius 1 is 1.44 bits per heavy atom. The molecule has 25 heavy (non-hydrogen) atoms. The van der Waals surface area contributed by atoms with Gasteiger partial charge >= 0.3 is 0 Å². The van der Waals surface area contributed by atoms with Crippen LogP contribution >= 0.6 is 23.1 Å². The van der Waals surface area contributed by atoms with Crippen LogP contribution in [0.3, 0.4) is 0 Å². The lowest BCUT2D eigenvalue weighted by molar-refractivity contribution is 0.509. The van der Waals surface area contributed by atoms with Gasteiger partial charge in [-0.1, -0.05) is 24.8 Å². The molecule has 0 amide bonds. The van der Waals surface area contributed by atoms with Gasteiger partial charge in [0, 0.05) is 29.6 Å². The highest BCUT2D eigenvalue weighted by molar-refractivity contribution is 7.98. The van der Waals surface area contributed by atoms with Crippen LogP contribution in [0.2, 0.25) is 0 Å². The summed E-state index contributed by atoms with van der Waals surface area (Å²) in [6.45, 7) is 4.96. The molecule has 4 nitrogen and oxygen atoms in total. The fourth-order valence-electron chi connectivity index (χ4n) is 3.43. The maximum atomic E-state index is 13.1. The van der Waals surface area contributed by atoms with E-state index in [-0.39, 0.29) is 5.56 Å². The molecule has 130 valence electrons. The normalized spacial score (nSPS) is 17.0. The predicted molar refractivity (Wildman–Crippen MR) is 105 cm³/mol. The number of thiophene rings is 1. The third-order valence-corrected chi connectivity index (χ3v) is 6.98. The van der Waals surface area contributed by atoms with Crippen molar-refractivity contribution in [3.63, 3.8) is 0 Å². The fourth-order valence-corrected chi connectivity index (χ4v) is 5.85. The van der Waals surface area contributed by atoms with Crippen LogP contribution in [0, 0.1) is 5.92 Å². The van der Waals surface area contributed by atoms with Gasteiger partial charge in [-0.2, -0.15) is 0 Å². The molecular formula is C19H21N3OS2. The number of aromatic nitrogens is 3. The summed E-state index contributed by atoms with van der Waals surface area (Å²) in [6, 6.07) is 3.99. The van der Waals surface area contributed by atoms with E-state index in [0.717, 1.165) is 39.5 Å². The molecular weight excluding hydrogens is 350 g/mol. The summed E-state index contributed by atoms with van der Waals surface area (Å²) in [5.41, 5.74) is 2.54. The number of fused-ring (bicyclic) bond motifs is 3. The molecule has 1 aliphatic carbocycles. The van der Waals surface area contributed by atoms with Crippen LogP contribution in [0.1, 0.15) is 36.3 Å². The third-order valence-electron chi connectivity index (χ3n) is 4.79. The van der Waals surface area contributed by atoms with E-state index in [0.29, 0.717) is 12.5 Å². The molecule has 0 fully saturated rings. The van der Waals surface area contributed by atoms with Crippen LogP contribution in [-0.4, -0.2) is 14.5 Å². The van der Waals surface area contributed by atoms with Crippen molar-refractivity contribution in [2.24, 2.45) is 5.92 Å². The zero-order valence-corrected chi connectivity index (χ0v) is 16.1. The first-order valence-corrected chi connectivity index (χ1v) is 10.5. The summed E-state index contributed by atoms with van der Waals surface area (Å²) in [4.78, 5) is 24.4. The van der Waals surface area contributed by atoms with Gasteiger partial charge in [-0.3, -0.25) is 14.3 Å². The molecule has 1 aliphatic rings. The van der Waals surface area contributed by atoms with Crippen LogP contribution in [-0.2, 0) is 25.1 Å². The molecule has 3 aromatic heterocycles. The molecule has 0 radical (unpaired) electrons. The molecule has 0 bridgehead atoms. The summed E-state index contributed by atoms with van der Waals surface area (Å²) < 4.78 is 1.83. The summed E-state index contributed by atoms with van der Waals surface area (Å²) in [6.07, 6.45) is 6.91. The Morgan fingerprint density at radius 2 is 2.32 bits per heavy atom. The second kappa shape index (κ2) is 6.92. The lowest BCUT2D eigenvalue weighted by Gasteiger charge is -2.17. The van der Waals surface area contributed by atoms with Gasteiger partial charge in [0.25, 0.3) is 5.56 Å². The Morgan fingerprint density at radius 3 is 3.08 bits per heavy atom. The molecule has 0 aliphatic heterocycles. The van der Waals surface area contributed by atoms with Crippen LogP contribution in [0.15, 0.2) is 34.5 Å². The maximum absolute atomic E-state index is 13.1. The Hall–Kier alpha value is -1.66. The van der Waals surface area contributed by atoms with Gasteiger partial charge in [0.05, 0.1) is 5.39 Å². The molecule has 1 atom stereocenters. The summed E-state index contributed by atoms with van der Waals surface area (Å²) in [7, 11) is 0. The van der Waals surface area contributed by atoms with Gasteiger partial charge in [0.15, 0.2) is 5.16 Å². The van der Waals surface area contributed by atoms with Gasteiger partial charge in [0.1, 0.15) is 4.83 Å². The number of pyridine rings is 1. The van der Waals surface area contributed by atoms with Gasteiger partial charge in [-0.25, -0.2) is 4.98 Å². The molecule has 3 aromatic rings. The lowest BCUT2D eigenvalue weighted by atomic mass is 9.89. The van der Waals surface area contributed by atoms with Gasteiger partial charge in [-0.15, -0.1) is 11.3 Å². The highest BCUT2D eigenvalue weighted by atomic mass is 32.2. The van der Waals surface area contributed by atoms with Crippen molar-refractivity contribution in [1.29, 1.82) is 0 Å². The highest BCUT2D eigenvalue weighted by Gasteiger charge is 2.24. The van der Waals surface area contributed by atoms with Crippen molar-refractivity contribution in [3.8, 4) is 0 Å². The molecule has 4 rings (SSSR count). The largest absolute Gasteiger partial charge is 0.287 e. The van der Waals surface area contributed by atoms with Crippen molar-refractivity contribution in [3.05, 3.63) is 50.9 Å². The van der Waals surface area contributed by atoms with Crippen LogP contribution in [0.5, 0.6) is 0 Å². The van der Waals surface area contributed by atoms with E-state index in [9.17, 15) is 4.79 Å². The van der Waals surface area contributed by atoms with E-state index >= 15 is 0 Å². The highest BCUT2D eigenvalue weighted by Crippen LogP contribution is 2.36. The van der Waals surface area contributed by atoms with Gasteiger partial charge < -0.3 is 0 Å². The zero-order valence-electron chi connectivity index (χ0n) is 14.5. The van der Waals surface area contributed by atoms with Crippen molar-refractivity contribution in [2.45, 2.75) is 50.6 Å². The molecule has 0 spiro atoms. The van der Waals surface area contributed by atoms with Gasteiger partial charge in [0.2, 0.25) is 0 Å². The summed E-state index contributed by atoms with van der Waals surface area (Å²) in [5, 5.41) is 1.69. The minimum atomic E-state index is 0.133. The first kappa shape index (κ1) is 16.8. The smallest absolute Gasteiger partial charge is 0.263 e. The number of nitrogens with zero attached hydrogens (tertiary/aromatic N) is 3. The zero-order chi connectivity index (χ0) is 17.4.